The van der Waals surface area contributed by atoms with E-state index in [2.05, 4.69) is 15.6 Å². The summed E-state index contributed by atoms with van der Waals surface area (Å²) in [7, 11) is 0. The minimum atomic E-state index is -0.507. The molecule has 1 N–H and O–H groups in total. The summed E-state index contributed by atoms with van der Waals surface area (Å²) in [6.45, 7) is 5.94. The van der Waals surface area contributed by atoms with Crippen molar-refractivity contribution in [1.29, 1.82) is 0 Å². The van der Waals surface area contributed by atoms with Crippen LogP contribution in [0.5, 0.6) is 0 Å². The third-order valence-electron chi connectivity index (χ3n) is 3.76. The van der Waals surface area contributed by atoms with Gasteiger partial charge in [-0.3, -0.25) is 19.7 Å². The summed E-state index contributed by atoms with van der Waals surface area (Å²) >= 11 is 0. The molecule has 26 heavy (non-hydrogen) atoms. The van der Waals surface area contributed by atoms with Gasteiger partial charge in [-0.2, -0.15) is 0 Å². The van der Waals surface area contributed by atoms with Crippen LogP contribution in [0.4, 0.5) is 5.69 Å². The van der Waals surface area contributed by atoms with Gasteiger partial charge in [-0.25, -0.2) is 4.68 Å². The van der Waals surface area contributed by atoms with E-state index in [9.17, 15) is 19.7 Å². The van der Waals surface area contributed by atoms with Crippen LogP contribution in [0.3, 0.4) is 0 Å². The fourth-order valence-corrected chi connectivity index (χ4v) is 2.41. The number of likely N-dealkylation sites (N-methyl/N-ethyl adjacent to an activating group) is 2. The van der Waals surface area contributed by atoms with Crippen molar-refractivity contribution in [2.45, 2.75) is 20.8 Å². The molecule has 10 heteroatoms. The van der Waals surface area contributed by atoms with Crippen LogP contribution in [0.1, 0.15) is 30.0 Å². The van der Waals surface area contributed by atoms with E-state index in [1.54, 1.807) is 26.8 Å². The topological polar surface area (TPSA) is 123 Å². The quantitative estimate of drug-likeness (QED) is 0.582. The monoisotopic (exact) mass is 360 g/mol. The molecule has 0 saturated carbocycles. The lowest BCUT2D eigenvalue weighted by molar-refractivity contribution is -0.384. The molecule has 2 amide bonds. The second-order valence-corrected chi connectivity index (χ2v) is 5.49. The SMILES string of the molecule is CCNC(=O)CN(CC)C(=O)c1nnn(-c2cccc([N+](=O)[O-])c2)c1C. The zero-order valence-corrected chi connectivity index (χ0v) is 14.8. The van der Waals surface area contributed by atoms with Gasteiger partial charge in [0.25, 0.3) is 11.6 Å². The molecule has 0 unspecified atom stereocenters. The normalized spacial score (nSPS) is 10.4. The van der Waals surface area contributed by atoms with Crippen molar-refractivity contribution in [2.75, 3.05) is 19.6 Å². The van der Waals surface area contributed by atoms with Crippen LogP contribution in [0.15, 0.2) is 24.3 Å². The molecule has 138 valence electrons. The van der Waals surface area contributed by atoms with Gasteiger partial charge in [0.2, 0.25) is 5.91 Å². The Morgan fingerprint density at radius 2 is 2.08 bits per heavy atom. The molecule has 0 aliphatic rings. The number of aromatic nitrogens is 3. The highest BCUT2D eigenvalue weighted by atomic mass is 16.6. The number of rotatable bonds is 7. The molecule has 2 aromatic rings. The zero-order valence-electron chi connectivity index (χ0n) is 14.8. The van der Waals surface area contributed by atoms with Crippen LogP contribution in [0.25, 0.3) is 5.69 Å². The summed E-state index contributed by atoms with van der Waals surface area (Å²) in [6.07, 6.45) is 0. The number of carbonyl (C=O) groups excluding carboxylic acids is 2. The minimum Gasteiger partial charge on any atom is -0.355 e. The Morgan fingerprint density at radius 3 is 2.69 bits per heavy atom. The van der Waals surface area contributed by atoms with Gasteiger partial charge in [-0.1, -0.05) is 11.3 Å². The predicted molar refractivity (Wildman–Crippen MR) is 93.0 cm³/mol. The van der Waals surface area contributed by atoms with Crippen molar-refractivity contribution >= 4 is 17.5 Å². The average molecular weight is 360 g/mol. The smallest absolute Gasteiger partial charge is 0.276 e. The molecule has 10 nitrogen and oxygen atoms in total. The number of hydrogen-bond acceptors (Lipinski definition) is 6. The Balaban J connectivity index is 2.30. The van der Waals surface area contributed by atoms with E-state index in [1.807, 2.05) is 0 Å². The highest BCUT2D eigenvalue weighted by molar-refractivity contribution is 5.95. The molecule has 1 heterocycles. The van der Waals surface area contributed by atoms with E-state index in [0.717, 1.165) is 0 Å². The Hall–Kier alpha value is -3.30. The Morgan fingerprint density at radius 1 is 1.35 bits per heavy atom. The number of nitro groups is 1. The van der Waals surface area contributed by atoms with Crippen molar-refractivity contribution in [3.05, 3.63) is 45.8 Å². The second kappa shape index (κ2) is 8.19. The minimum absolute atomic E-state index is 0.0771. The number of amides is 2. The fourth-order valence-electron chi connectivity index (χ4n) is 2.41. The van der Waals surface area contributed by atoms with Gasteiger partial charge in [-0.05, 0) is 26.8 Å². The Labute approximate surface area is 149 Å². The Bertz CT molecular complexity index is 832. The maximum Gasteiger partial charge on any atom is 0.276 e. The second-order valence-electron chi connectivity index (χ2n) is 5.49. The maximum absolute atomic E-state index is 12.7. The molecule has 1 aromatic carbocycles. The van der Waals surface area contributed by atoms with Crippen molar-refractivity contribution in [2.24, 2.45) is 0 Å². The van der Waals surface area contributed by atoms with Crippen LogP contribution in [0.2, 0.25) is 0 Å². The fraction of sp³-hybridized carbons (Fsp3) is 0.375. The molecule has 0 fully saturated rings. The van der Waals surface area contributed by atoms with Crippen molar-refractivity contribution in [3.8, 4) is 5.69 Å². The van der Waals surface area contributed by atoms with Gasteiger partial charge in [-0.15, -0.1) is 5.10 Å². The molecule has 2 rings (SSSR count). The van der Waals surface area contributed by atoms with E-state index in [-0.39, 0.29) is 23.8 Å². The first-order valence-electron chi connectivity index (χ1n) is 8.12. The molecule has 1 aromatic heterocycles. The summed E-state index contributed by atoms with van der Waals surface area (Å²) in [4.78, 5) is 36.2. The van der Waals surface area contributed by atoms with Gasteiger partial charge in [0.15, 0.2) is 5.69 Å². The highest BCUT2D eigenvalue weighted by Crippen LogP contribution is 2.19. The third-order valence-corrected chi connectivity index (χ3v) is 3.76. The van der Waals surface area contributed by atoms with Gasteiger partial charge in [0.1, 0.15) is 0 Å². The van der Waals surface area contributed by atoms with E-state index < -0.39 is 10.8 Å². The summed E-state index contributed by atoms with van der Waals surface area (Å²) in [5, 5.41) is 21.4. The third kappa shape index (κ3) is 4.02. The summed E-state index contributed by atoms with van der Waals surface area (Å²) in [6, 6.07) is 5.88. The van der Waals surface area contributed by atoms with Crippen LogP contribution in [-0.4, -0.2) is 56.3 Å². The van der Waals surface area contributed by atoms with Gasteiger partial charge in [0, 0.05) is 25.2 Å². The lowest BCUT2D eigenvalue weighted by Crippen LogP contribution is -2.40. The zero-order chi connectivity index (χ0) is 19.3. The van der Waals surface area contributed by atoms with Crippen molar-refractivity contribution in [1.82, 2.24) is 25.2 Å². The van der Waals surface area contributed by atoms with Gasteiger partial charge < -0.3 is 10.2 Å². The number of benzene rings is 1. The van der Waals surface area contributed by atoms with Crippen LogP contribution in [0, 0.1) is 17.0 Å². The molecule has 0 aliphatic heterocycles. The predicted octanol–water partition coefficient (Wildman–Crippen LogP) is 1.08. The molecule has 0 spiro atoms. The number of nitrogens with zero attached hydrogens (tertiary/aromatic N) is 5. The molecule has 0 radical (unpaired) electrons. The van der Waals surface area contributed by atoms with Crippen LogP contribution >= 0.6 is 0 Å². The van der Waals surface area contributed by atoms with Gasteiger partial charge in [0.05, 0.1) is 22.8 Å². The standard InChI is InChI=1S/C16H20N6O4/c1-4-17-14(23)10-20(5-2)16(24)15-11(3)21(19-18-15)12-7-6-8-13(9-12)22(25)26/h6-9H,4-5,10H2,1-3H3,(H,17,23). The molecular weight excluding hydrogens is 340 g/mol. The Kier molecular flexibility index (Phi) is 5.99. The number of hydrogen-bond donors (Lipinski definition) is 1. The largest absolute Gasteiger partial charge is 0.355 e. The highest BCUT2D eigenvalue weighted by Gasteiger charge is 2.24. The van der Waals surface area contributed by atoms with Crippen LogP contribution < -0.4 is 5.32 Å². The molecular formula is C16H20N6O4. The average Bonchev–Trinajstić information content (AvgIpc) is 3.01. The first kappa shape index (κ1) is 19.0. The van der Waals surface area contributed by atoms with Crippen molar-refractivity contribution < 1.29 is 14.5 Å². The van der Waals surface area contributed by atoms with Gasteiger partial charge >= 0.3 is 0 Å². The first-order chi connectivity index (χ1) is 12.4. The van der Waals surface area contributed by atoms with E-state index in [1.165, 1.54) is 27.8 Å². The van der Waals surface area contributed by atoms with Crippen molar-refractivity contribution in [3.63, 3.8) is 0 Å². The van der Waals surface area contributed by atoms with E-state index >= 15 is 0 Å². The number of nitro benzene ring substituents is 1. The number of non-ortho nitro benzene ring substituents is 1. The number of carbonyl (C=O) groups is 2. The summed E-state index contributed by atoms with van der Waals surface area (Å²) < 4.78 is 1.36. The molecule has 0 saturated heterocycles. The lowest BCUT2D eigenvalue weighted by atomic mass is 10.2. The van der Waals surface area contributed by atoms with Crippen LogP contribution in [-0.2, 0) is 4.79 Å². The maximum atomic E-state index is 12.7. The molecule has 0 aliphatic carbocycles. The summed E-state index contributed by atoms with van der Waals surface area (Å²) in [5.41, 5.74) is 0.874. The lowest BCUT2D eigenvalue weighted by Gasteiger charge is -2.19. The first-order valence-corrected chi connectivity index (χ1v) is 8.12. The summed E-state index contributed by atoms with van der Waals surface area (Å²) in [5.74, 6) is -0.681. The molecule has 0 bridgehead atoms. The van der Waals surface area contributed by atoms with E-state index in [0.29, 0.717) is 24.5 Å². The van der Waals surface area contributed by atoms with E-state index in [4.69, 9.17) is 0 Å². The molecule has 0 atom stereocenters. The number of nitrogens with one attached hydrogen (secondary N) is 1.